The fourth-order valence-electron chi connectivity index (χ4n) is 1.34. The van der Waals surface area contributed by atoms with Crippen molar-refractivity contribution in [2.45, 2.75) is 6.10 Å². The van der Waals surface area contributed by atoms with E-state index in [2.05, 4.69) is 10.2 Å². The molecule has 0 fully saturated rings. The molecule has 0 spiro atoms. The van der Waals surface area contributed by atoms with Crippen LogP contribution in [0.4, 0.5) is 4.39 Å². The van der Waals surface area contributed by atoms with E-state index in [1.165, 1.54) is 12.1 Å². The Hall–Kier alpha value is -0.970. The lowest BCUT2D eigenvalue weighted by molar-refractivity contribution is 0.173. The van der Waals surface area contributed by atoms with Crippen molar-refractivity contribution < 1.29 is 9.50 Å². The monoisotopic (exact) mass is 226 g/mol. The van der Waals surface area contributed by atoms with Gasteiger partial charge >= 0.3 is 0 Å². The number of nitrogens with one attached hydrogen (secondary N) is 1. The van der Waals surface area contributed by atoms with Gasteiger partial charge < -0.3 is 15.3 Å². The van der Waals surface area contributed by atoms with Gasteiger partial charge in [-0.15, -0.1) is 0 Å². The Balaban J connectivity index is 2.29. The van der Waals surface area contributed by atoms with Crippen LogP contribution < -0.4 is 5.32 Å². The van der Waals surface area contributed by atoms with Crippen LogP contribution in [-0.4, -0.2) is 43.7 Å². The summed E-state index contributed by atoms with van der Waals surface area (Å²) in [4.78, 5) is 2.07. The normalized spacial score (nSPS) is 13.1. The highest BCUT2D eigenvalue weighted by Gasteiger charge is 2.06. The molecule has 0 aliphatic heterocycles. The van der Waals surface area contributed by atoms with Crippen molar-refractivity contribution in [3.05, 3.63) is 35.6 Å². The van der Waals surface area contributed by atoms with Gasteiger partial charge in [0.15, 0.2) is 0 Å². The fraction of sp³-hybridized carbons (Fsp3) is 0.500. The van der Waals surface area contributed by atoms with Crippen molar-refractivity contribution in [3.63, 3.8) is 0 Å². The Morgan fingerprint density at radius 2 is 1.94 bits per heavy atom. The van der Waals surface area contributed by atoms with E-state index in [1.54, 1.807) is 12.1 Å². The van der Waals surface area contributed by atoms with E-state index < -0.39 is 6.10 Å². The van der Waals surface area contributed by atoms with Gasteiger partial charge in [0.05, 0.1) is 6.10 Å². The molecule has 0 aliphatic rings. The maximum Gasteiger partial charge on any atom is 0.123 e. The summed E-state index contributed by atoms with van der Waals surface area (Å²) in [5, 5.41) is 12.9. The second kappa shape index (κ2) is 6.58. The zero-order chi connectivity index (χ0) is 12.0. The first-order valence-corrected chi connectivity index (χ1v) is 5.38. The van der Waals surface area contributed by atoms with Gasteiger partial charge in [-0.1, -0.05) is 12.1 Å². The molecule has 16 heavy (non-hydrogen) atoms. The minimum absolute atomic E-state index is 0.281. The average Bonchev–Trinajstić information content (AvgIpc) is 2.25. The maximum atomic E-state index is 12.6. The predicted octanol–water partition coefficient (Wildman–Crippen LogP) is 1.01. The van der Waals surface area contributed by atoms with Crippen molar-refractivity contribution in [1.29, 1.82) is 0 Å². The second-order valence-electron chi connectivity index (χ2n) is 4.07. The van der Waals surface area contributed by atoms with Crippen LogP contribution in [0.3, 0.4) is 0 Å². The van der Waals surface area contributed by atoms with Gasteiger partial charge in [-0.25, -0.2) is 4.39 Å². The van der Waals surface area contributed by atoms with Crippen LogP contribution in [0.1, 0.15) is 11.7 Å². The molecule has 0 heterocycles. The van der Waals surface area contributed by atoms with Gasteiger partial charge in [-0.05, 0) is 31.8 Å². The molecule has 1 aromatic rings. The predicted molar refractivity (Wildman–Crippen MR) is 62.8 cm³/mol. The summed E-state index contributed by atoms with van der Waals surface area (Å²) in [6.45, 7) is 2.24. The molecule has 0 radical (unpaired) electrons. The van der Waals surface area contributed by atoms with E-state index in [4.69, 9.17) is 0 Å². The van der Waals surface area contributed by atoms with Gasteiger partial charge in [0.25, 0.3) is 0 Å². The number of hydrogen-bond acceptors (Lipinski definition) is 3. The molecule has 0 aliphatic carbocycles. The molecule has 1 unspecified atom stereocenters. The fourth-order valence-corrected chi connectivity index (χ4v) is 1.34. The lowest BCUT2D eigenvalue weighted by atomic mass is 10.1. The first kappa shape index (κ1) is 13.1. The number of likely N-dealkylation sites (N-methyl/N-ethyl adjacent to an activating group) is 1. The third-order valence-corrected chi connectivity index (χ3v) is 2.33. The van der Waals surface area contributed by atoms with Crippen LogP contribution in [0.25, 0.3) is 0 Å². The molecule has 0 aromatic heterocycles. The van der Waals surface area contributed by atoms with E-state index in [0.29, 0.717) is 6.54 Å². The lowest BCUT2D eigenvalue weighted by Gasteiger charge is -2.14. The number of aliphatic hydroxyl groups is 1. The molecule has 3 nitrogen and oxygen atoms in total. The maximum absolute atomic E-state index is 12.6. The van der Waals surface area contributed by atoms with E-state index in [0.717, 1.165) is 18.7 Å². The smallest absolute Gasteiger partial charge is 0.123 e. The first-order chi connectivity index (χ1) is 7.59. The number of hydrogen-bond donors (Lipinski definition) is 2. The minimum Gasteiger partial charge on any atom is -0.387 e. The molecule has 0 saturated carbocycles. The highest BCUT2D eigenvalue weighted by atomic mass is 19.1. The molecule has 4 heteroatoms. The summed E-state index contributed by atoms with van der Waals surface area (Å²) in [6.07, 6.45) is -0.581. The second-order valence-corrected chi connectivity index (χ2v) is 4.07. The van der Waals surface area contributed by atoms with Crippen LogP contribution in [0.15, 0.2) is 24.3 Å². The van der Waals surface area contributed by atoms with Crippen molar-refractivity contribution in [1.82, 2.24) is 10.2 Å². The standard InChI is InChI=1S/C12H19FN2O/c1-15(2)8-7-14-9-12(16)10-3-5-11(13)6-4-10/h3-6,12,14,16H,7-9H2,1-2H3. The summed E-state index contributed by atoms with van der Waals surface area (Å²) in [5.41, 5.74) is 0.735. The van der Waals surface area contributed by atoms with E-state index in [9.17, 15) is 9.50 Å². The Labute approximate surface area is 95.9 Å². The SMILES string of the molecule is CN(C)CCNCC(O)c1ccc(F)cc1. The molecule has 1 rings (SSSR count). The van der Waals surface area contributed by atoms with E-state index in [-0.39, 0.29) is 5.82 Å². The van der Waals surface area contributed by atoms with Crippen LogP contribution in [0, 0.1) is 5.82 Å². The van der Waals surface area contributed by atoms with Crippen LogP contribution in [0.2, 0.25) is 0 Å². The first-order valence-electron chi connectivity index (χ1n) is 5.38. The minimum atomic E-state index is -0.581. The molecule has 0 saturated heterocycles. The molecule has 2 N–H and O–H groups in total. The Kier molecular flexibility index (Phi) is 5.38. The van der Waals surface area contributed by atoms with Crippen molar-refractivity contribution in [2.24, 2.45) is 0 Å². The quantitative estimate of drug-likeness (QED) is 0.711. The van der Waals surface area contributed by atoms with Crippen molar-refractivity contribution >= 4 is 0 Å². The molecule has 0 bridgehead atoms. The van der Waals surface area contributed by atoms with Gasteiger partial charge in [-0.3, -0.25) is 0 Å². The average molecular weight is 226 g/mol. The summed E-state index contributed by atoms with van der Waals surface area (Å²) >= 11 is 0. The van der Waals surface area contributed by atoms with Gasteiger partial charge in [-0.2, -0.15) is 0 Å². The largest absolute Gasteiger partial charge is 0.387 e. The van der Waals surface area contributed by atoms with Gasteiger partial charge in [0.2, 0.25) is 0 Å². The molecule has 0 amide bonds. The molecular formula is C12H19FN2O. The van der Waals surface area contributed by atoms with E-state index >= 15 is 0 Å². The highest BCUT2D eigenvalue weighted by Crippen LogP contribution is 2.11. The van der Waals surface area contributed by atoms with Crippen LogP contribution in [0.5, 0.6) is 0 Å². The summed E-state index contributed by atoms with van der Waals surface area (Å²) in [7, 11) is 4.00. The lowest BCUT2D eigenvalue weighted by Crippen LogP contribution is -2.29. The summed E-state index contributed by atoms with van der Waals surface area (Å²) in [5.74, 6) is -0.281. The molecule has 1 aromatic carbocycles. The third-order valence-electron chi connectivity index (χ3n) is 2.33. The van der Waals surface area contributed by atoms with Gasteiger partial charge in [0.1, 0.15) is 5.82 Å². The van der Waals surface area contributed by atoms with Crippen molar-refractivity contribution in [3.8, 4) is 0 Å². The Morgan fingerprint density at radius 3 is 2.50 bits per heavy atom. The number of aliphatic hydroxyl groups excluding tert-OH is 1. The summed E-state index contributed by atoms with van der Waals surface area (Å²) < 4.78 is 12.6. The number of rotatable bonds is 6. The molecule has 1 atom stereocenters. The van der Waals surface area contributed by atoms with E-state index in [1.807, 2.05) is 14.1 Å². The van der Waals surface area contributed by atoms with Gasteiger partial charge in [0, 0.05) is 19.6 Å². The number of benzene rings is 1. The molecule has 90 valence electrons. The van der Waals surface area contributed by atoms with Crippen LogP contribution >= 0.6 is 0 Å². The number of nitrogens with zero attached hydrogens (tertiary/aromatic N) is 1. The Bertz CT molecular complexity index is 300. The highest BCUT2D eigenvalue weighted by molar-refractivity contribution is 5.18. The molecular weight excluding hydrogens is 207 g/mol. The Morgan fingerprint density at radius 1 is 1.31 bits per heavy atom. The van der Waals surface area contributed by atoms with Crippen LogP contribution in [-0.2, 0) is 0 Å². The van der Waals surface area contributed by atoms with Crippen molar-refractivity contribution in [2.75, 3.05) is 33.7 Å². The summed E-state index contributed by atoms with van der Waals surface area (Å²) in [6, 6.07) is 5.93. The topological polar surface area (TPSA) is 35.5 Å². The number of halogens is 1. The zero-order valence-corrected chi connectivity index (χ0v) is 9.78. The zero-order valence-electron chi connectivity index (χ0n) is 9.78. The third kappa shape index (κ3) is 4.70.